The van der Waals surface area contributed by atoms with Crippen molar-refractivity contribution in [2.24, 2.45) is 10.9 Å². The number of benzene rings is 1. The molecule has 1 fully saturated rings. The van der Waals surface area contributed by atoms with Crippen LogP contribution in [0.3, 0.4) is 0 Å². The fourth-order valence-corrected chi connectivity index (χ4v) is 3.04. The van der Waals surface area contributed by atoms with Crippen LogP contribution in [-0.2, 0) is 11.3 Å². The van der Waals surface area contributed by atoms with Gasteiger partial charge in [0.2, 0.25) is 0 Å². The van der Waals surface area contributed by atoms with E-state index in [0.717, 1.165) is 37.6 Å². The summed E-state index contributed by atoms with van der Waals surface area (Å²) in [6.45, 7) is 3.41. The van der Waals surface area contributed by atoms with Crippen molar-refractivity contribution in [2.45, 2.75) is 13.0 Å². The molecule has 1 N–H and O–H groups in total. The van der Waals surface area contributed by atoms with Crippen LogP contribution in [0.25, 0.3) is 0 Å². The number of likely N-dealkylation sites (tertiary alicyclic amines) is 1. The van der Waals surface area contributed by atoms with Crippen molar-refractivity contribution < 1.29 is 4.74 Å². The molecule has 1 heterocycles. The lowest BCUT2D eigenvalue weighted by molar-refractivity contribution is 0.157. The summed E-state index contributed by atoms with van der Waals surface area (Å²) in [6.07, 6.45) is 1.14. The summed E-state index contributed by atoms with van der Waals surface area (Å²) in [5.74, 6) is 1.48. The minimum atomic E-state index is 0.577. The van der Waals surface area contributed by atoms with Crippen molar-refractivity contribution in [1.29, 1.82) is 0 Å². The average Bonchev–Trinajstić information content (AvgIpc) is 2.90. The number of ether oxygens (including phenoxy) is 1. The van der Waals surface area contributed by atoms with E-state index in [1.54, 1.807) is 20.2 Å². The molecule has 116 valence electrons. The molecule has 0 bridgehead atoms. The van der Waals surface area contributed by atoms with Crippen molar-refractivity contribution >= 4 is 29.2 Å². The lowest BCUT2D eigenvalue weighted by atomic mass is 10.1. The Morgan fingerprint density at radius 3 is 2.95 bits per heavy atom. The number of halogens is 2. The lowest BCUT2D eigenvalue weighted by Gasteiger charge is -2.22. The van der Waals surface area contributed by atoms with Gasteiger partial charge in [0.15, 0.2) is 5.96 Å². The van der Waals surface area contributed by atoms with Gasteiger partial charge in [-0.3, -0.25) is 4.99 Å². The van der Waals surface area contributed by atoms with E-state index < -0.39 is 0 Å². The Balaban J connectivity index is 1.91. The van der Waals surface area contributed by atoms with E-state index in [1.165, 1.54) is 0 Å². The van der Waals surface area contributed by atoms with Crippen LogP contribution in [0, 0.1) is 5.92 Å². The number of nitrogens with one attached hydrogen (secondary N) is 1. The molecule has 1 saturated heterocycles. The number of guanidine groups is 1. The first-order chi connectivity index (χ1) is 10.1. The predicted molar refractivity (Wildman–Crippen MR) is 88.2 cm³/mol. The van der Waals surface area contributed by atoms with Gasteiger partial charge in [0.1, 0.15) is 0 Å². The highest BCUT2D eigenvalue weighted by molar-refractivity contribution is 6.35. The molecule has 0 saturated carbocycles. The number of hydrogen-bond acceptors (Lipinski definition) is 2. The molecule has 1 unspecified atom stereocenters. The molecule has 0 aromatic heterocycles. The van der Waals surface area contributed by atoms with Gasteiger partial charge in [0.05, 0.1) is 6.61 Å². The Labute approximate surface area is 136 Å². The topological polar surface area (TPSA) is 36.9 Å². The van der Waals surface area contributed by atoms with E-state index in [9.17, 15) is 0 Å². The van der Waals surface area contributed by atoms with Crippen LogP contribution in [0.1, 0.15) is 12.0 Å². The van der Waals surface area contributed by atoms with Crippen LogP contribution in [0.4, 0.5) is 0 Å². The first-order valence-electron chi connectivity index (χ1n) is 7.02. The van der Waals surface area contributed by atoms with E-state index in [4.69, 9.17) is 27.9 Å². The normalized spacial score (nSPS) is 19.1. The fraction of sp³-hybridized carbons (Fsp3) is 0.533. The van der Waals surface area contributed by atoms with Gasteiger partial charge in [0, 0.05) is 49.8 Å². The molecule has 4 nitrogen and oxygen atoms in total. The second kappa shape index (κ2) is 7.87. The molecule has 1 atom stereocenters. The summed E-state index contributed by atoms with van der Waals surface area (Å²) in [5.41, 5.74) is 1.01. The van der Waals surface area contributed by atoms with E-state index in [2.05, 4.69) is 15.2 Å². The predicted octanol–water partition coefficient (Wildman–Crippen LogP) is 3.04. The quantitative estimate of drug-likeness (QED) is 0.681. The zero-order chi connectivity index (χ0) is 15.2. The van der Waals surface area contributed by atoms with Crippen molar-refractivity contribution in [3.05, 3.63) is 33.8 Å². The number of rotatable bonds is 4. The van der Waals surface area contributed by atoms with Crippen LogP contribution in [0.15, 0.2) is 23.2 Å². The monoisotopic (exact) mass is 329 g/mol. The molecule has 0 amide bonds. The lowest BCUT2D eigenvalue weighted by Crippen LogP contribution is -2.39. The van der Waals surface area contributed by atoms with E-state index in [0.29, 0.717) is 22.5 Å². The Morgan fingerprint density at radius 2 is 2.29 bits per heavy atom. The molecular formula is C15H21Cl2N3O. The van der Waals surface area contributed by atoms with Crippen LogP contribution in [0.2, 0.25) is 10.0 Å². The van der Waals surface area contributed by atoms with Crippen LogP contribution >= 0.6 is 23.2 Å². The number of aliphatic imine (C=N–C) groups is 1. The van der Waals surface area contributed by atoms with Crippen LogP contribution in [-0.4, -0.2) is 44.7 Å². The highest BCUT2D eigenvalue weighted by Gasteiger charge is 2.24. The van der Waals surface area contributed by atoms with Gasteiger partial charge in [0.25, 0.3) is 0 Å². The van der Waals surface area contributed by atoms with Gasteiger partial charge in [-0.2, -0.15) is 0 Å². The minimum absolute atomic E-state index is 0.577. The number of methoxy groups -OCH3 is 1. The second-order valence-corrected chi connectivity index (χ2v) is 6.04. The van der Waals surface area contributed by atoms with Gasteiger partial charge >= 0.3 is 0 Å². The Kier molecular flexibility index (Phi) is 6.15. The third-order valence-corrected chi connectivity index (χ3v) is 4.24. The fourth-order valence-electron chi connectivity index (χ4n) is 2.57. The maximum absolute atomic E-state index is 6.19. The zero-order valence-electron chi connectivity index (χ0n) is 12.4. The van der Waals surface area contributed by atoms with Crippen molar-refractivity contribution in [3.63, 3.8) is 0 Å². The van der Waals surface area contributed by atoms with Gasteiger partial charge in [-0.25, -0.2) is 0 Å². The first-order valence-corrected chi connectivity index (χ1v) is 7.78. The van der Waals surface area contributed by atoms with Gasteiger partial charge < -0.3 is 15.0 Å². The molecule has 21 heavy (non-hydrogen) atoms. The Hall–Kier alpha value is -0.970. The summed E-state index contributed by atoms with van der Waals surface area (Å²) < 4.78 is 5.23. The molecule has 1 aromatic carbocycles. The maximum Gasteiger partial charge on any atom is 0.193 e. The largest absolute Gasteiger partial charge is 0.384 e. The summed E-state index contributed by atoms with van der Waals surface area (Å²) in [6, 6.07) is 5.54. The molecule has 0 spiro atoms. The molecule has 1 aliphatic rings. The van der Waals surface area contributed by atoms with E-state index >= 15 is 0 Å². The third kappa shape index (κ3) is 4.50. The van der Waals surface area contributed by atoms with E-state index in [-0.39, 0.29) is 0 Å². The van der Waals surface area contributed by atoms with Crippen molar-refractivity contribution in [2.75, 3.05) is 33.9 Å². The Morgan fingerprint density at radius 1 is 1.48 bits per heavy atom. The molecule has 0 radical (unpaired) electrons. The summed E-state index contributed by atoms with van der Waals surface area (Å²) in [5, 5.41) is 4.68. The molecule has 6 heteroatoms. The summed E-state index contributed by atoms with van der Waals surface area (Å²) in [7, 11) is 3.55. The standard InChI is InChI=1S/C15H21Cl2N3O/c1-18-15(20-6-5-11(9-20)10-21-2)19-8-12-3-4-13(16)7-14(12)17/h3-4,7,11H,5-6,8-10H2,1-2H3,(H,18,19). The smallest absolute Gasteiger partial charge is 0.193 e. The van der Waals surface area contributed by atoms with E-state index in [1.807, 2.05) is 12.1 Å². The number of hydrogen-bond donors (Lipinski definition) is 1. The summed E-state index contributed by atoms with van der Waals surface area (Å²) >= 11 is 12.1. The highest BCUT2D eigenvalue weighted by atomic mass is 35.5. The van der Waals surface area contributed by atoms with Crippen molar-refractivity contribution in [3.8, 4) is 0 Å². The minimum Gasteiger partial charge on any atom is -0.384 e. The molecular weight excluding hydrogens is 309 g/mol. The third-order valence-electron chi connectivity index (χ3n) is 3.65. The SMILES string of the molecule is CN=C(NCc1ccc(Cl)cc1Cl)N1CCC(COC)C1. The van der Waals surface area contributed by atoms with Crippen LogP contribution < -0.4 is 5.32 Å². The summed E-state index contributed by atoms with van der Waals surface area (Å²) in [4.78, 5) is 6.61. The highest BCUT2D eigenvalue weighted by Crippen LogP contribution is 2.21. The number of nitrogens with zero attached hydrogens (tertiary/aromatic N) is 2. The Bertz CT molecular complexity index is 508. The van der Waals surface area contributed by atoms with Crippen LogP contribution in [0.5, 0.6) is 0 Å². The zero-order valence-corrected chi connectivity index (χ0v) is 13.9. The average molecular weight is 330 g/mol. The molecule has 1 aromatic rings. The van der Waals surface area contributed by atoms with Gasteiger partial charge in [-0.1, -0.05) is 29.3 Å². The second-order valence-electron chi connectivity index (χ2n) is 5.19. The maximum atomic E-state index is 6.19. The molecule has 0 aliphatic carbocycles. The molecule has 2 rings (SSSR count). The van der Waals surface area contributed by atoms with Gasteiger partial charge in [-0.15, -0.1) is 0 Å². The van der Waals surface area contributed by atoms with Crippen molar-refractivity contribution in [1.82, 2.24) is 10.2 Å². The first kappa shape index (κ1) is 16.4. The molecule has 1 aliphatic heterocycles. The van der Waals surface area contributed by atoms with Gasteiger partial charge in [-0.05, 0) is 24.1 Å².